The Bertz CT molecular complexity index is 2160. The van der Waals surface area contributed by atoms with Gasteiger partial charge in [-0.25, -0.2) is 0 Å². The van der Waals surface area contributed by atoms with Crippen LogP contribution in [0.4, 0.5) is 13.2 Å². The van der Waals surface area contributed by atoms with Gasteiger partial charge < -0.3 is 24.6 Å². The highest BCUT2D eigenvalue weighted by molar-refractivity contribution is 6.10. The first-order chi connectivity index (χ1) is 28.9. The summed E-state index contributed by atoms with van der Waals surface area (Å²) in [5, 5.41) is 24.6. The molecule has 2 N–H and O–H groups in total. The molecule has 2 spiro atoms. The standard InChI is InChI=1S/C51H62F3NO6/c1-45-13-10-37(56)27-48(45)16-17-50(38(28-48)44(58)35-6-5-7-36(23-35)51(52,53)54)41(45)11-14-46(2)42(50)12-15-49(46,59)30-55(29-47-24-32-18-33(25-47)20-34(19-32)26-47)43(57)22-31-8-9-39(60-3)40(21-31)61-4/h5-9,16-17,21,23,28,32-34,37,41-42,56,59H,10-15,18-20,22,24-27,29-30H2,1-4H3/t32?,33?,34?,37?,41-,42-,45-,46+,47?,48+,49-,50-/m1/s1. The lowest BCUT2D eigenvalue weighted by molar-refractivity contribution is -0.181. The number of benzene rings is 2. The van der Waals surface area contributed by atoms with Crippen LogP contribution in [0.3, 0.4) is 0 Å². The van der Waals surface area contributed by atoms with Gasteiger partial charge in [0.15, 0.2) is 17.3 Å². The van der Waals surface area contributed by atoms with Crippen LogP contribution in [0.25, 0.3) is 0 Å². The number of allylic oxidation sites excluding steroid dienone is 4. The van der Waals surface area contributed by atoms with E-state index in [-0.39, 0.29) is 47.1 Å². The zero-order chi connectivity index (χ0) is 43.0. The van der Waals surface area contributed by atoms with Crippen molar-refractivity contribution in [2.75, 3.05) is 27.3 Å². The first-order valence-corrected chi connectivity index (χ1v) is 22.9. The second kappa shape index (κ2) is 13.9. The minimum Gasteiger partial charge on any atom is -0.493 e. The van der Waals surface area contributed by atoms with Gasteiger partial charge in [-0.1, -0.05) is 50.3 Å². The highest BCUT2D eigenvalue weighted by Crippen LogP contribution is 2.78. The Morgan fingerprint density at radius 1 is 0.803 bits per heavy atom. The van der Waals surface area contributed by atoms with Crippen molar-refractivity contribution in [2.24, 2.45) is 56.7 Å². The van der Waals surface area contributed by atoms with Crippen molar-refractivity contribution in [1.82, 2.24) is 4.90 Å². The highest BCUT2D eigenvalue weighted by atomic mass is 19.4. The van der Waals surface area contributed by atoms with Crippen LogP contribution in [0.15, 0.2) is 66.3 Å². The van der Waals surface area contributed by atoms with Crippen LogP contribution in [-0.2, 0) is 17.4 Å². The van der Waals surface area contributed by atoms with Crippen molar-refractivity contribution < 1.29 is 42.4 Å². The van der Waals surface area contributed by atoms with Gasteiger partial charge in [-0.05, 0) is 154 Å². The predicted molar refractivity (Wildman–Crippen MR) is 225 cm³/mol. The molecule has 6 bridgehead atoms. The van der Waals surface area contributed by atoms with E-state index in [0.717, 1.165) is 49.8 Å². The van der Waals surface area contributed by atoms with E-state index in [0.29, 0.717) is 73.5 Å². The van der Waals surface area contributed by atoms with Crippen LogP contribution < -0.4 is 9.47 Å². The minimum atomic E-state index is -4.61. The lowest BCUT2D eigenvalue weighted by atomic mass is 9.32. The van der Waals surface area contributed by atoms with E-state index in [9.17, 15) is 28.2 Å². The fraction of sp³-hybridized carbons (Fsp3) is 0.647. The number of hydrogen-bond acceptors (Lipinski definition) is 6. The van der Waals surface area contributed by atoms with E-state index in [4.69, 9.17) is 9.47 Å². The normalized spacial score (nSPS) is 41.4. The number of nitrogens with zero attached hydrogens (tertiary/aromatic N) is 1. The van der Waals surface area contributed by atoms with Crippen molar-refractivity contribution in [1.29, 1.82) is 0 Å². The maximum Gasteiger partial charge on any atom is 0.416 e. The van der Waals surface area contributed by atoms with Crippen LogP contribution in [0.5, 0.6) is 11.5 Å². The molecule has 2 aromatic rings. The Labute approximate surface area is 358 Å². The van der Waals surface area contributed by atoms with Gasteiger partial charge in [0, 0.05) is 40.5 Å². The van der Waals surface area contributed by atoms with Crippen LogP contribution in [-0.4, -0.2) is 65.8 Å². The fourth-order valence-corrected chi connectivity index (χ4v) is 16.3. The summed E-state index contributed by atoms with van der Waals surface area (Å²) < 4.78 is 53.3. The summed E-state index contributed by atoms with van der Waals surface area (Å²) in [6.07, 6.45) is 13.0. The average Bonchev–Trinajstić information content (AvgIpc) is 3.48. The van der Waals surface area contributed by atoms with Gasteiger partial charge in [0.2, 0.25) is 5.91 Å². The molecule has 10 aliphatic carbocycles. The molecule has 7 saturated carbocycles. The zero-order valence-corrected chi connectivity index (χ0v) is 36.2. The lowest BCUT2D eigenvalue weighted by Gasteiger charge is -2.71. The number of amides is 1. The van der Waals surface area contributed by atoms with E-state index >= 15 is 4.79 Å². The summed E-state index contributed by atoms with van der Waals surface area (Å²) in [5.74, 6) is 2.58. The number of aliphatic hydroxyl groups excluding tert-OH is 1. The number of alkyl halides is 3. The number of ether oxygens (including phenoxy) is 2. The summed E-state index contributed by atoms with van der Waals surface area (Å²) in [6, 6.07) is 10.4. The Balaban J connectivity index is 1.03. The number of methoxy groups -OCH3 is 2. The molecule has 0 saturated heterocycles. The summed E-state index contributed by atoms with van der Waals surface area (Å²) in [7, 11) is 3.18. The first-order valence-electron chi connectivity index (χ1n) is 22.9. The third kappa shape index (κ3) is 6.09. The summed E-state index contributed by atoms with van der Waals surface area (Å²) >= 11 is 0. The smallest absolute Gasteiger partial charge is 0.416 e. The molecule has 7 fully saturated rings. The highest BCUT2D eigenvalue weighted by Gasteiger charge is 2.74. The molecule has 2 aromatic carbocycles. The lowest BCUT2D eigenvalue weighted by Crippen LogP contribution is -2.67. The molecule has 61 heavy (non-hydrogen) atoms. The predicted octanol–water partition coefficient (Wildman–Crippen LogP) is 9.78. The first kappa shape index (κ1) is 41.4. The number of hydrogen-bond donors (Lipinski definition) is 2. The van der Waals surface area contributed by atoms with Crippen molar-refractivity contribution in [3.05, 3.63) is 83.0 Å². The average molecular weight is 842 g/mol. The Morgan fingerprint density at radius 3 is 2.13 bits per heavy atom. The maximum absolute atomic E-state index is 15.0. The topological polar surface area (TPSA) is 96.3 Å². The molecule has 0 radical (unpaired) electrons. The van der Waals surface area contributed by atoms with Gasteiger partial charge >= 0.3 is 6.18 Å². The third-order valence-electron chi connectivity index (χ3n) is 18.7. The van der Waals surface area contributed by atoms with E-state index in [1.54, 1.807) is 14.2 Å². The second-order valence-electron chi connectivity index (χ2n) is 21.8. The van der Waals surface area contributed by atoms with Crippen LogP contribution in [0.2, 0.25) is 0 Å². The monoisotopic (exact) mass is 841 g/mol. The molecular weight excluding hydrogens is 780 g/mol. The number of fused-ring (bicyclic) bond motifs is 1. The molecule has 12 rings (SSSR count). The number of rotatable bonds is 10. The molecule has 0 aliphatic heterocycles. The van der Waals surface area contributed by atoms with E-state index in [2.05, 4.69) is 26.0 Å². The van der Waals surface area contributed by atoms with Gasteiger partial charge in [-0.2, -0.15) is 13.2 Å². The molecule has 0 heterocycles. The summed E-state index contributed by atoms with van der Waals surface area (Å²) in [5.41, 5.74) is -3.23. The molecule has 0 aromatic heterocycles. The minimum absolute atomic E-state index is 0.00709. The zero-order valence-electron chi connectivity index (χ0n) is 36.2. The fourth-order valence-electron chi connectivity index (χ4n) is 16.3. The number of aliphatic hydroxyl groups is 2. The SMILES string of the molecule is COc1ccc(CC(=O)N(CC23CC4CC(CC(C4)C2)C3)C[C@]2(O)CC[C@H]3[C@]45C=C[C@@]6(C=C4C(=O)c4cccc(C(F)(F)F)c4)CC(O)CC[C@]6(C)[C@H]5CC[C@@]32C)cc1OC. The largest absolute Gasteiger partial charge is 0.493 e. The van der Waals surface area contributed by atoms with Gasteiger partial charge in [-0.3, -0.25) is 9.59 Å². The van der Waals surface area contributed by atoms with Gasteiger partial charge in [0.05, 0.1) is 37.9 Å². The van der Waals surface area contributed by atoms with Crippen molar-refractivity contribution in [2.45, 2.75) is 122 Å². The van der Waals surface area contributed by atoms with Crippen LogP contribution >= 0.6 is 0 Å². The molecule has 1 unspecified atom stereocenters. The Kier molecular flexibility index (Phi) is 9.45. The summed E-state index contributed by atoms with van der Waals surface area (Å²) in [4.78, 5) is 32.0. The summed E-state index contributed by atoms with van der Waals surface area (Å²) in [6.45, 7) is 5.27. The Morgan fingerprint density at radius 2 is 1.46 bits per heavy atom. The van der Waals surface area contributed by atoms with Crippen molar-refractivity contribution >= 4 is 11.7 Å². The number of halogens is 3. The van der Waals surface area contributed by atoms with Crippen LogP contribution in [0.1, 0.15) is 119 Å². The maximum atomic E-state index is 15.0. The molecule has 8 atom stereocenters. The molecule has 10 heteroatoms. The number of carbonyl (C=O) groups excluding carboxylic acids is 2. The van der Waals surface area contributed by atoms with Crippen molar-refractivity contribution in [3.63, 3.8) is 0 Å². The van der Waals surface area contributed by atoms with Gasteiger partial charge in [-0.15, -0.1) is 0 Å². The number of ketones is 1. The Hall–Kier alpha value is -3.63. The molecule has 328 valence electrons. The quantitative estimate of drug-likeness (QED) is 0.183. The van der Waals surface area contributed by atoms with E-state index in [1.165, 1.54) is 31.4 Å². The second-order valence-corrected chi connectivity index (χ2v) is 21.8. The van der Waals surface area contributed by atoms with E-state index < -0.39 is 45.5 Å². The van der Waals surface area contributed by atoms with Gasteiger partial charge in [0.25, 0.3) is 0 Å². The van der Waals surface area contributed by atoms with Crippen LogP contribution in [0, 0.1) is 56.7 Å². The number of Topliss-reactive ketones (excluding diaryl/α,β-unsaturated/α-hetero) is 1. The van der Waals surface area contributed by atoms with E-state index in [1.807, 2.05) is 29.2 Å². The van der Waals surface area contributed by atoms with Gasteiger partial charge in [0.1, 0.15) is 0 Å². The molecule has 10 aliphatic rings. The molecular formula is C51H62F3NO6. The molecule has 7 nitrogen and oxygen atoms in total. The number of carbonyl (C=O) groups is 2. The molecule has 1 amide bonds. The van der Waals surface area contributed by atoms with Crippen molar-refractivity contribution in [3.8, 4) is 11.5 Å². The third-order valence-corrected chi connectivity index (χ3v) is 18.7.